The van der Waals surface area contributed by atoms with E-state index in [1.807, 2.05) is 23.5 Å². The fourth-order valence-corrected chi connectivity index (χ4v) is 7.56. The van der Waals surface area contributed by atoms with E-state index in [9.17, 15) is 0 Å². The van der Waals surface area contributed by atoms with Gasteiger partial charge in [-0.15, -0.1) is 11.3 Å². The first-order valence-electron chi connectivity index (χ1n) is 13.2. The van der Waals surface area contributed by atoms with Crippen LogP contribution in [-0.2, 0) is 0 Å². The molecule has 0 aliphatic heterocycles. The highest BCUT2D eigenvalue weighted by Gasteiger charge is 2.18. The summed E-state index contributed by atoms with van der Waals surface area (Å²) in [5.74, 6) is 0. The highest BCUT2D eigenvalue weighted by molar-refractivity contribution is 7.26. The van der Waals surface area contributed by atoms with E-state index in [4.69, 9.17) is 4.42 Å². The fraction of sp³-hybridized carbons (Fsp3) is 0. The highest BCUT2D eigenvalue weighted by atomic mass is 32.1. The fourth-order valence-electron chi connectivity index (χ4n) is 6.32. The van der Waals surface area contributed by atoms with E-state index >= 15 is 0 Å². The van der Waals surface area contributed by atoms with Crippen LogP contribution in [0.25, 0.3) is 80.7 Å². The molecule has 2 nitrogen and oxygen atoms in total. The minimum Gasteiger partial charge on any atom is -0.456 e. The average Bonchev–Trinajstić information content (AvgIpc) is 3.66. The number of fused-ring (bicyclic) bond motifs is 9. The molecule has 0 radical (unpaired) electrons. The third-order valence-electron chi connectivity index (χ3n) is 8.01. The second kappa shape index (κ2) is 7.83. The molecule has 0 fully saturated rings. The van der Waals surface area contributed by atoms with Crippen LogP contribution in [0.3, 0.4) is 0 Å². The lowest BCUT2D eigenvalue weighted by atomic mass is 10.0. The van der Waals surface area contributed by atoms with Crippen LogP contribution in [0.5, 0.6) is 0 Å². The minimum absolute atomic E-state index is 0.910. The first-order chi connectivity index (χ1) is 19.3. The predicted molar refractivity (Wildman–Crippen MR) is 166 cm³/mol. The number of para-hydroxylation sites is 2. The quantitative estimate of drug-likeness (QED) is 0.224. The van der Waals surface area contributed by atoms with Gasteiger partial charge in [0, 0.05) is 36.3 Å². The standard InChI is InChI=1S/C36H21NOS/c1-4-14-29-24(9-1)28-21-22(23-12-7-13-26-25-10-3-6-18-34(25)39-36(23)26)19-20-30(28)37(29)31-15-8-17-33-35(31)27-11-2-5-16-32(27)38-33/h1-21H. The van der Waals surface area contributed by atoms with Gasteiger partial charge in [0.1, 0.15) is 11.2 Å². The Kier molecular flexibility index (Phi) is 4.24. The Labute approximate surface area is 227 Å². The number of hydrogen-bond acceptors (Lipinski definition) is 2. The van der Waals surface area contributed by atoms with Gasteiger partial charge in [0.25, 0.3) is 0 Å². The van der Waals surface area contributed by atoms with Gasteiger partial charge in [-0.1, -0.05) is 84.9 Å². The van der Waals surface area contributed by atoms with E-state index < -0.39 is 0 Å². The van der Waals surface area contributed by atoms with Crippen LogP contribution in [0.15, 0.2) is 132 Å². The van der Waals surface area contributed by atoms with Crippen molar-refractivity contribution in [2.24, 2.45) is 0 Å². The molecule has 0 amide bonds. The van der Waals surface area contributed by atoms with Gasteiger partial charge >= 0.3 is 0 Å². The van der Waals surface area contributed by atoms with Gasteiger partial charge in [0.05, 0.1) is 22.1 Å². The molecule has 0 N–H and O–H groups in total. The van der Waals surface area contributed by atoms with Crippen molar-refractivity contribution < 1.29 is 4.42 Å². The Morgan fingerprint density at radius 2 is 1.23 bits per heavy atom. The summed E-state index contributed by atoms with van der Waals surface area (Å²) in [4.78, 5) is 0. The molecular weight excluding hydrogens is 494 g/mol. The van der Waals surface area contributed by atoms with Crippen LogP contribution in [0, 0.1) is 0 Å². The Morgan fingerprint density at radius 3 is 2.18 bits per heavy atom. The molecule has 3 aromatic heterocycles. The molecule has 39 heavy (non-hydrogen) atoms. The van der Waals surface area contributed by atoms with E-state index in [-0.39, 0.29) is 0 Å². The molecule has 9 rings (SSSR count). The van der Waals surface area contributed by atoms with Crippen molar-refractivity contribution in [2.45, 2.75) is 0 Å². The maximum absolute atomic E-state index is 6.25. The molecule has 0 aliphatic carbocycles. The van der Waals surface area contributed by atoms with E-state index in [0.717, 1.165) is 27.6 Å². The maximum Gasteiger partial charge on any atom is 0.137 e. The van der Waals surface area contributed by atoms with Gasteiger partial charge in [-0.05, 0) is 53.6 Å². The molecule has 0 aliphatic rings. The van der Waals surface area contributed by atoms with Crippen molar-refractivity contribution in [1.29, 1.82) is 0 Å². The molecule has 3 heteroatoms. The molecule has 0 bridgehead atoms. The van der Waals surface area contributed by atoms with Crippen LogP contribution < -0.4 is 0 Å². The van der Waals surface area contributed by atoms with Crippen LogP contribution >= 0.6 is 11.3 Å². The number of benzene rings is 6. The molecule has 9 aromatic rings. The smallest absolute Gasteiger partial charge is 0.137 e. The number of aromatic nitrogens is 1. The predicted octanol–water partition coefficient (Wildman–Crippen LogP) is 10.7. The number of rotatable bonds is 2. The van der Waals surface area contributed by atoms with Gasteiger partial charge in [-0.2, -0.15) is 0 Å². The maximum atomic E-state index is 6.25. The third-order valence-corrected chi connectivity index (χ3v) is 9.23. The Hall–Kier alpha value is -4.86. The lowest BCUT2D eigenvalue weighted by molar-refractivity contribution is 0.669. The van der Waals surface area contributed by atoms with Crippen LogP contribution in [0.2, 0.25) is 0 Å². The minimum atomic E-state index is 0.910. The van der Waals surface area contributed by atoms with E-state index in [1.165, 1.54) is 53.1 Å². The summed E-state index contributed by atoms with van der Waals surface area (Å²) in [6.07, 6.45) is 0. The molecular formula is C36H21NOS. The van der Waals surface area contributed by atoms with Gasteiger partial charge in [-0.25, -0.2) is 0 Å². The van der Waals surface area contributed by atoms with Crippen LogP contribution in [0.1, 0.15) is 0 Å². The summed E-state index contributed by atoms with van der Waals surface area (Å²) >= 11 is 1.88. The first-order valence-corrected chi connectivity index (χ1v) is 14.0. The van der Waals surface area contributed by atoms with Crippen molar-refractivity contribution in [1.82, 2.24) is 4.57 Å². The summed E-state index contributed by atoms with van der Waals surface area (Å²) in [6.45, 7) is 0. The highest BCUT2D eigenvalue weighted by Crippen LogP contribution is 2.43. The zero-order valence-electron chi connectivity index (χ0n) is 20.9. The zero-order valence-corrected chi connectivity index (χ0v) is 21.7. The molecule has 3 heterocycles. The van der Waals surface area contributed by atoms with E-state index in [1.54, 1.807) is 0 Å². The van der Waals surface area contributed by atoms with Crippen LogP contribution in [0.4, 0.5) is 0 Å². The largest absolute Gasteiger partial charge is 0.456 e. The molecule has 0 saturated carbocycles. The Morgan fingerprint density at radius 1 is 0.513 bits per heavy atom. The van der Waals surface area contributed by atoms with E-state index in [2.05, 4.69) is 120 Å². The summed E-state index contributed by atoms with van der Waals surface area (Å²) in [7, 11) is 0. The van der Waals surface area contributed by atoms with Crippen molar-refractivity contribution >= 4 is 75.3 Å². The van der Waals surface area contributed by atoms with Crippen molar-refractivity contribution in [3.8, 4) is 16.8 Å². The summed E-state index contributed by atoms with van der Waals surface area (Å²) in [6, 6.07) is 45.8. The number of furan rings is 1. The monoisotopic (exact) mass is 515 g/mol. The van der Waals surface area contributed by atoms with Gasteiger partial charge in [-0.3, -0.25) is 0 Å². The first kappa shape index (κ1) is 21.1. The average molecular weight is 516 g/mol. The van der Waals surface area contributed by atoms with Crippen molar-refractivity contribution in [3.05, 3.63) is 127 Å². The number of hydrogen-bond donors (Lipinski definition) is 0. The van der Waals surface area contributed by atoms with Gasteiger partial charge in [0.2, 0.25) is 0 Å². The topological polar surface area (TPSA) is 18.1 Å². The molecule has 6 aromatic carbocycles. The van der Waals surface area contributed by atoms with Gasteiger partial charge < -0.3 is 8.98 Å². The summed E-state index contributed by atoms with van der Waals surface area (Å²) in [5.41, 5.74) is 7.89. The second-order valence-electron chi connectivity index (χ2n) is 10.1. The van der Waals surface area contributed by atoms with Gasteiger partial charge in [0.15, 0.2) is 0 Å². The summed E-state index contributed by atoms with van der Waals surface area (Å²) in [5, 5.41) is 7.46. The summed E-state index contributed by atoms with van der Waals surface area (Å²) < 4.78 is 11.3. The molecule has 0 spiro atoms. The molecule has 0 saturated heterocycles. The number of nitrogens with zero attached hydrogens (tertiary/aromatic N) is 1. The molecule has 182 valence electrons. The molecule has 0 unspecified atom stereocenters. The normalized spacial score (nSPS) is 12.1. The van der Waals surface area contributed by atoms with E-state index in [0.29, 0.717) is 0 Å². The third kappa shape index (κ3) is 2.91. The molecule has 0 atom stereocenters. The van der Waals surface area contributed by atoms with Crippen molar-refractivity contribution in [2.75, 3.05) is 0 Å². The lowest BCUT2D eigenvalue weighted by Crippen LogP contribution is -1.94. The SMILES string of the molecule is c1ccc2c(c1)oc1cccc(-n3c4ccccc4c4cc(-c5cccc6c5sc5ccccc56)ccc43)c12. The Bertz CT molecular complexity index is 2400. The Balaban J connectivity index is 1.36. The zero-order chi connectivity index (χ0) is 25.5. The van der Waals surface area contributed by atoms with Crippen molar-refractivity contribution in [3.63, 3.8) is 0 Å². The number of thiophene rings is 1. The second-order valence-corrected chi connectivity index (χ2v) is 11.2. The van der Waals surface area contributed by atoms with Crippen LogP contribution in [-0.4, -0.2) is 4.57 Å². The lowest BCUT2D eigenvalue weighted by Gasteiger charge is -2.10.